The minimum Gasteiger partial charge on any atom is -0.302 e. The van der Waals surface area contributed by atoms with Gasteiger partial charge < -0.3 is 14.7 Å². The number of phosphoric acid groups is 2. The lowest BCUT2D eigenvalue weighted by Crippen LogP contribution is -2.22. The molecule has 1 unspecified atom stereocenters. The van der Waals surface area contributed by atoms with Crippen LogP contribution in [0.5, 0.6) is 0 Å². The molecule has 158 valence electrons. The van der Waals surface area contributed by atoms with E-state index in [1.807, 2.05) is 26.8 Å². The lowest BCUT2D eigenvalue weighted by Gasteiger charge is -2.19. The van der Waals surface area contributed by atoms with Crippen molar-refractivity contribution in [3.05, 3.63) is 34.7 Å². The summed E-state index contributed by atoms with van der Waals surface area (Å²) in [6.07, 6.45) is 0.668. The van der Waals surface area contributed by atoms with E-state index in [4.69, 9.17) is 14.7 Å². The predicted octanol–water partition coefficient (Wildman–Crippen LogP) is 5.52. The van der Waals surface area contributed by atoms with Crippen molar-refractivity contribution in [2.24, 2.45) is 0 Å². The van der Waals surface area contributed by atoms with Gasteiger partial charge in [0, 0.05) is 0 Å². The maximum Gasteiger partial charge on any atom is 0.486 e. The van der Waals surface area contributed by atoms with Crippen molar-refractivity contribution in [1.82, 2.24) is 0 Å². The highest BCUT2D eigenvalue weighted by Crippen LogP contribution is 2.60. The maximum absolute atomic E-state index is 13.8. The fourth-order valence-corrected chi connectivity index (χ4v) is 3.50. The van der Waals surface area contributed by atoms with Crippen LogP contribution >= 0.6 is 15.6 Å². The molecule has 0 aliphatic carbocycles. The van der Waals surface area contributed by atoms with Crippen molar-refractivity contribution in [3.8, 4) is 0 Å². The van der Waals surface area contributed by atoms with Gasteiger partial charge in [-0.3, -0.25) is 0 Å². The van der Waals surface area contributed by atoms with Gasteiger partial charge in [0.25, 0.3) is 0 Å². The summed E-state index contributed by atoms with van der Waals surface area (Å²) >= 11 is 0. The number of allylic oxidation sites excluding steroid dienone is 5. The van der Waals surface area contributed by atoms with Crippen LogP contribution in [0.15, 0.2) is 34.7 Å². The molecule has 0 fully saturated rings. The Bertz CT molecular complexity index is 692. The number of rotatable bonds is 11. The number of hydrogen-bond acceptors (Lipinski definition) is 4. The van der Waals surface area contributed by atoms with E-state index in [0.717, 1.165) is 25.3 Å². The first-order valence-electron chi connectivity index (χ1n) is 7.88. The molecule has 12 heteroatoms. The van der Waals surface area contributed by atoms with Crippen LogP contribution in [-0.2, 0) is 18.0 Å². The lowest BCUT2D eigenvalue weighted by molar-refractivity contribution is -0.167. The Morgan fingerprint density at radius 1 is 1.00 bits per heavy atom. The first kappa shape index (κ1) is 26.3. The Labute approximate surface area is 156 Å². The molecule has 0 saturated heterocycles. The van der Waals surface area contributed by atoms with E-state index in [9.17, 15) is 22.3 Å². The highest BCUT2D eigenvalue weighted by atomic mass is 31.3. The lowest BCUT2D eigenvalue weighted by atomic mass is 10.1. The molecule has 0 aromatic carbocycles. The van der Waals surface area contributed by atoms with E-state index in [0.29, 0.717) is 0 Å². The Morgan fingerprint density at radius 2 is 1.52 bits per heavy atom. The zero-order chi connectivity index (χ0) is 21.5. The Morgan fingerprint density at radius 3 is 2.00 bits per heavy atom. The molecule has 0 saturated carbocycles. The van der Waals surface area contributed by atoms with Gasteiger partial charge in [-0.25, -0.2) is 18.0 Å². The summed E-state index contributed by atoms with van der Waals surface area (Å²) in [6, 6.07) is 0. The zero-order valence-corrected chi connectivity index (χ0v) is 17.3. The summed E-state index contributed by atoms with van der Waals surface area (Å²) in [5.41, 5.74) is 1.73. The molecule has 1 atom stereocenters. The molecule has 0 amide bonds. The van der Waals surface area contributed by atoms with Gasteiger partial charge in [0.1, 0.15) is 0 Å². The van der Waals surface area contributed by atoms with Crippen LogP contribution in [0.2, 0.25) is 0 Å². The summed E-state index contributed by atoms with van der Waals surface area (Å²) in [5.74, 6) is -2.12. The van der Waals surface area contributed by atoms with Crippen LogP contribution < -0.4 is 0 Å². The molecule has 0 spiro atoms. The van der Waals surface area contributed by atoms with Crippen LogP contribution in [0.25, 0.3) is 0 Å². The fraction of sp³-hybridized carbons (Fsp3) is 0.600. The Kier molecular flexibility index (Phi) is 10.4. The minimum atomic E-state index is -5.90. The van der Waals surface area contributed by atoms with Gasteiger partial charge in [-0.2, -0.15) is 13.1 Å². The van der Waals surface area contributed by atoms with Crippen LogP contribution in [0.1, 0.15) is 53.4 Å². The number of halogens is 3. The summed E-state index contributed by atoms with van der Waals surface area (Å²) < 4.78 is 69.2. The second-order valence-electron chi connectivity index (χ2n) is 6.15. The van der Waals surface area contributed by atoms with Gasteiger partial charge in [-0.05, 0) is 59.0 Å². The van der Waals surface area contributed by atoms with E-state index in [1.165, 1.54) is 5.57 Å². The average Bonchev–Trinajstić information content (AvgIpc) is 2.41. The van der Waals surface area contributed by atoms with Crippen molar-refractivity contribution >= 4 is 15.6 Å². The van der Waals surface area contributed by atoms with E-state index in [2.05, 4.69) is 8.83 Å². The Balaban J connectivity index is 4.92. The summed E-state index contributed by atoms with van der Waals surface area (Å²) in [7, 11) is -11.5. The summed E-state index contributed by atoms with van der Waals surface area (Å²) in [6.45, 7) is 6.83. The average molecular weight is 436 g/mol. The standard InChI is InChI=1S/C15H25F3O7P2/c1-11(2)7-5-8-12(3)9-6-10-13(4)14(16)15(17,18)24-27(22,23)25-26(19,20)21/h7,9H,5-6,8,10H2,1-4H3,(H,22,23)(H2,19,20,21). The van der Waals surface area contributed by atoms with Crippen LogP contribution in [-0.4, -0.2) is 20.8 Å². The topological polar surface area (TPSA) is 113 Å². The SMILES string of the molecule is CC(C)=CCCC(C)=CCCC(C)=C(F)C(F)(F)OP(=O)(O)OP(=O)(O)O. The molecular formula is C15H25F3O7P2. The van der Waals surface area contributed by atoms with E-state index < -0.39 is 33.2 Å². The monoisotopic (exact) mass is 436 g/mol. The van der Waals surface area contributed by atoms with Crippen molar-refractivity contribution in [1.29, 1.82) is 0 Å². The van der Waals surface area contributed by atoms with Gasteiger partial charge >= 0.3 is 21.8 Å². The molecule has 0 aliphatic rings. The third-order valence-corrected chi connectivity index (χ3v) is 5.31. The van der Waals surface area contributed by atoms with Crippen molar-refractivity contribution in [3.63, 3.8) is 0 Å². The molecule has 27 heavy (non-hydrogen) atoms. The van der Waals surface area contributed by atoms with Gasteiger partial charge in [0.05, 0.1) is 0 Å². The third-order valence-electron chi connectivity index (χ3n) is 3.17. The molecule has 0 aromatic rings. The summed E-state index contributed by atoms with van der Waals surface area (Å²) in [5, 5.41) is 0. The maximum atomic E-state index is 13.8. The second kappa shape index (κ2) is 10.7. The number of phosphoric ester groups is 1. The van der Waals surface area contributed by atoms with Crippen LogP contribution in [0.3, 0.4) is 0 Å². The first-order valence-corrected chi connectivity index (χ1v) is 10.9. The van der Waals surface area contributed by atoms with Gasteiger partial charge in [-0.15, -0.1) is 0 Å². The normalized spacial score (nSPS) is 16.6. The zero-order valence-electron chi connectivity index (χ0n) is 15.5. The predicted molar refractivity (Wildman–Crippen MR) is 94.5 cm³/mol. The van der Waals surface area contributed by atoms with E-state index in [-0.39, 0.29) is 12.8 Å². The highest BCUT2D eigenvalue weighted by Gasteiger charge is 2.48. The van der Waals surface area contributed by atoms with Crippen LogP contribution in [0, 0.1) is 0 Å². The smallest absolute Gasteiger partial charge is 0.302 e. The molecule has 0 aromatic heterocycles. The van der Waals surface area contributed by atoms with Crippen molar-refractivity contribution in [2.45, 2.75) is 59.5 Å². The van der Waals surface area contributed by atoms with Gasteiger partial charge in [0.15, 0.2) is 5.83 Å². The van der Waals surface area contributed by atoms with Crippen molar-refractivity contribution < 1.29 is 45.8 Å². The largest absolute Gasteiger partial charge is 0.486 e. The van der Waals surface area contributed by atoms with Gasteiger partial charge in [0.2, 0.25) is 0 Å². The highest BCUT2D eigenvalue weighted by molar-refractivity contribution is 7.60. The first-order chi connectivity index (χ1) is 12.1. The number of alkyl halides is 2. The molecule has 0 rings (SSSR count). The van der Waals surface area contributed by atoms with Crippen LogP contribution in [0.4, 0.5) is 13.2 Å². The van der Waals surface area contributed by atoms with Crippen molar-refractivity contribution in [2.75, 3.05) is 0 Å². The molecule has 0 aliphatic heterocycles. The molecule has 0 radical (unpaired) electrons. The minimum absolute atomic E-state index is 0.111. The quantitative estimate of drug-likeness (QED) is 0.289. The molecule has 0 bridgehead atoms. The Hall–Kier alpha value is -0.730. The van der Waals surface area contributed by atoms with E-state index in [1.54, 1.807) is 6.08 Å². The molecule has 3 N–H and O–H groups in total. The summed E-state index contributed by atoms with van der Waals surface area (Å²) in [4.78, 5) is 25.7. The fourth-order valence-electron chi connectivity index (χ4n) is 1.92. The third kappa shape index (κ3) is 12.4. The molecular weight excluding hydrogens is 411 g/mol. The second-order valence-corrected chi connectivity index (χ2v) is 8.91. The van der Waals surface area contributed by atoms with E-state index >= 15 is 0 Å². The molecule has 7 nitrogen and oxygen atoms in total. The van der Waals surface area contributed by atoms with Gasteiger partial charge in [-0.1, -0.05) is 23.3 Å². The number of hydrogen-bond donors (Lipinski definition) is 3. The molecule has 0 heterocycles.